The first-order chi connectivity index (χ1) is 11.4. The maximum Gasteiger partial charge on any atom is 0.227 e. The molecule has 140 valence electrons. The van der Waals surface area contributed by atoms with Gasteiger partial charge in [0.25, 0.3) is 0 Å². The van der Waals surface area contributed by atoms with Gasteiger partial charge in [0.05, 0.1) is 12.0 Å². The fraction of sp³-hybridized carbons (Fsp3) is 0.889. The second-order valence-corrected chi connectivity index (χ2v) is 7.18. The zero-order valence-electron chi connectivity index (χ0n) is 16.2. The SMILES string of the molecule is CCNC(=O)C(C)(C)CN=C(NCC)N(C)CCC1CCOCC1. The van der Waals surface area contributed by atoms with Crippen LogP contribution in [-0.2, 0) is 9.53 Å². The molecule has 0 spiro atoms. The first kappa shape index (κ1) is 20.7. The second-order valence-electron chi connectivity index (χ2n) is 7.18. The maximum absolute atomic E-state index is 12.1. The quantitative estimate of drug-likeness (QED) is 0.523. The number of nitrogens with one attached hydrogen (secondary N) is 2. The van der Waals surface area contributed by atoms with Crippen LogP contribution in [0.1, 0.15) is 47.0 Å². The van der Waals surface area contributed by atoms with Crippen LogP contribution in [-0.4, -0.2) is 63.2 Å². The van der Waals surface area contributed by atoms with Crippen LogP contribution in [0.25, 0.3) is 0 Å². The Labute approximate surface area is 147 Å². The van der Waals surface area contributed by atoms with Gasteiger partial charge in [-0.25, -0.2) is 0 Å². The first-order valence-corrected chi connectivity index (χ1v) is 9.26. The van der Waals surface area contributed by atoms with E-state index >= 15 is 0 Å². The van der Waals surface area contributed by atoms with Crippen LogP contribution in [0.5, 0.6) is 0 Å². The van der Waals surface area contributed by atoms with E-state index in [4.69, 9.17) is 9.73 Å². The average Bonchev–Trinajstić information content (AvgIpc) is 2.57. The largest absolute Gasteiger partial charge is 0.381 e. The Bertz CT molecular complexity index is 404. The Morgan fingerprint density at radius 1 is 1.21 bits per heavy atom. The van der Waals surface area contributed by atoms with E-state index in [9.17, 15) is 4.79 Å². The van der Waals surface area contributed by atoms with Crippen LogP contribution in [0.4, 0.5) is 0 Å². The Morgan fingerprint density at radius 2 is 1.83 bits per heavy atom. The molecule has 1 saturated heterocycles. The summed E-state index contributed by atoms with van der Waals surface area (Å²) in [6, 6.07) is 0. The van der Waals surface area contributed by atoms with Gasteiger partial charge in [0.1, 0.15) is 0 Å². The molecule has 0 radical (unpaired) electrons. The van der Waals surface area contributed by atoms with Gasteiger partial charge in [-0.15, -0.1) is 0 Å². The van der Waals surface area contributed by atoms with Gasteiger partial charge in [-0.2, -0.15) is 0 Å². The third-order valence-corrected chi connectivity index (χ3v) is 4.49. The van der Waals surface area contributed by atoms with Gasteiger partial charge in [0, 0.05) is 39.9 Å². The van der Waals surface area contributed by atoms with Crippen molar-refractivity contribution in [2.75, 3.05) is 46.4 Å². The molecule has 0 bridgehead atoms. The monoisotopic (exact) mass is 340 g/mol. The predicted octanol–water partition coefficient (Wildman–Crippen LogP) is 1.86. The minimum Gasteiger partial charge on any atom is -0.381 e. The molecular formula is C18H36N4O2. The number of amides is 1. The zero-order chi connectivity index (χ0) is 18.0. The van der Waals surface area contributed by atoms with Crippen molar-refractivity contribution < 1.29 is 9.53 Å². The molecule has 0 aromatic carbocycles. The Kier molecular flexibility index (Phi) is 9.11. The topological polar surface area (TPSA) is 66.0 Å². The number of ether oxygens (including phenoxy) is 1. The number of carbonyl (C=O) groups excluding carboxylic acids is 1. The standard InChI is InChI=1S/C18H36N4O2/c1-6-19-16(23)18(3,4)14-21-17(20-7-2)22(5)11-8-15-9-12-24-13-10-15/h15H,6-14H2,1-5H3,(H,19,23)(H,20,21). The summed E-state index contributed by atoms with van der Waals surface area (Å²) in [4.78, 5) is 19.0. The molecule has 6 nitrogen and oxygen atoms in total. The molecule has 1 rings (SSSR count). The van der Waals surface area contributed by atoms with Gasteiger partial charge >= 0.3 is 0 Å². The van der Waals surface area contributed by atoms with Crippen LogP contribution in [0, 0.1) is 11.3 Å². The van der Waals surface area contributed by atoms with Crippen molar-refractivity contribution in [3.8, 4) is 0 Å². The molecule has 0 aliphatic carbocycles. The summed E-state index contributed by atoms with van der Waals surface area (Å²) >= 11 is 0. The van der Waals surface area contributed by atoms with Crippen molar-refractivity contribution in [1.82, 2.24) is 15.5 Å². The summed E-state index contributed by atoms with van der Waals surface area (Å²) in [7, 11) is 2.07. The molecule has 6 heteroatoms. The third-order valence-electron chi connectivity index (χ3n) is 4.49. The van der Waals surface area contributed by atoms with Gasteiger partial charge < -0.3 is 20.3 Å². The van der Waals surface area contributed by atoms with E-state index in [0.717, 1.165) is 57.4 Å². The van der Waals surface area contributed by atoms with Crippen LogP contribution < -0.4 is 10.6 Å². The molecule has 0 aromatic heterocycles. The van der Waals surface area contributed by atoms with Crippen molar-refractivity contribution in [2.45, 2.75) is 47.0 Å². The summed E-state index contributed by atoms with van der Waals surface area (Å²) < 4.78 is 5.42. The van der Waals surface area contributed by atoms with E-state index < -0.39 is 5.41 Å². The highest BCUT2D eigenvalue weighted by molar-refractivity contribution is 5.83. The highest BCUT2D eigenvalue weighted by Gasteiger charge is 2.27. The lowest BCUT2D eigenvalue weighted by Crippen LogP contribution is -2.43. The zero-order valence-corrected chi connectivity index (χ0v) is 16.2. The normalized spacial score (nSPS) is 16.8. The molecule has 0 aromatic rings. The van der Waals surface area contributed by atoms with E-state index in [1.807, 2.05) is 20.8 Å². The first-order valence-electron chi connectivity index (χ1n) is 9.26. The smallest absolute Gasteiger partial charge is 0.227 e. The fourth-order valence-electron chi connectivity index (χ4n) is 2.73. The average molecular weight is 341 g/mol. The molecule has 0 atom stereocenters. The van der Waals surface area contributed by atoms with E-state index in [2.05, 4.69) is 29.5 Å². The number of hydrogen-bond acceptors (Lipinski definition) is 3. The lowest BCUT2D eigenvalue weighted by atomic mass is 9.92. The predicted molar refractivity (Wildman–Crippen MR) is 99.2 cm³/mol. The van der Waals surface area contributed by atoms with E-state index in [-0.39, 0.29) is 5.91 Å². The lowest BCUT2D eigenvalue weighted by molar-refractivity contribution is -0.128. The lowest BCUT2D eigenvalue weighted by Gasteiger charge is -2.28. The summed E-state index contributed by atoms with van der Waals surface area (Å²) in [5, 5.41) is 6.22. The van der Waals surface area contributed by atoms with E-state index in [1.54, 1.807) is 0 Å². The maximum atomic E-state index is 12.1. The van der Waals surface area contributed by atoms with Crippen molar-refractivity contribution >= 4 is 11.9 Å². The van der Waals surface area contributed by atoms with Gasteiger partial charge in [-0.05, 0) is 52.9 Å². The fourth-order valence-corrected chi connectivity index (χ4v) is 2.73. The summed E-state index contributed by atoms with van der Waals surface area (Å²) in [6.45, 7) is 12.6. The van der Waals surface area contributed by atoms with Gasteiger partial charge in [-0.1, -0.05) is 0 Å². The molecule has 0 unspecified atom stereocenters. The van der Waals surface area contributed by atoms with Crippen LogP contribution in [0.15, 0.2) is 4.99 Å². The molecule has 1 fully saturated rings. The Morgan fingerprint density at radius 3 is 2.42 bits per heavy atom. The number of carbonyl (C=O) groups is 1. The number of nitrogens with zero attached hydrogens (tertiary/aromatic N) is 2. The molecule has 1 amide bonds. The minimum atomic E-state index is -0.502. The highest BCUT2D eigenvalue weighted by Crippen LogP contribution is 2.19. The molecule has 0 saturated carbocycles. The van der Waals surface area contributed by atoms with Crippen LogP contribution >= 0.6 is 0 Å². The summed E-state index contributed by atoms with van der Waals surface area (Å²) in [6.07, 6.45) is 3.47. The van der Waals surface area contributed by atoms with Crippen LogP contribution in [0.2, 0.25) is 0 Å². The molecule has 1 heterocycles. The second kappa shape index (κ2) is 10.5. The Balaban J connectivity index is 2.57. The van der Waals surface area contributed by atoms with Crippen molar-refractivity contribution in [3.63, 3.8) is 0 Å². The molecule has 1 aliphatic rings. The number of rotatable bonds is 8. The molecule has 2 N–H and O–H groups in total. The molecule has 1 aliphatic heterocycles. The summed E-state index contributed by atoms with van der Waals surface area (Å²) in [5.74, 6) is 1.67. The minimum absolute atomic E-state index is 0.0504. The number of guanidine groups is 1. The highest BCUT2D eigenvalue weighted by atomic mass is 16.5. The number of hydrogen-bond donors (Lipinski definition) is 2. The number of aliphatic imine (C=N–C) groups is 1. The van der Waals surface area contributed by atoms with Crippen molar-refractivity contribution in [1.29, 1.82) is 0 Å². The van der Waals surface area contributed by atoms with Crippen molar-refractivity contribution in [2.24, 2.45) is 16.3 Å². The van der Waals surface area contributed by atoms with Gasteiger partial charge in [0.2, 0.25) is 5.91 Å². The molecular weight excluding hydrogens is 304 g/mol. The summed E-state index contributed by atoms with van der Waals surface area (Å²) in [5.41, 5.74) is -0.502. The third kappa shape index (κ3) is 7.07. The molecule has 24 heavy (non-hydrogen) atoms. The van der Waals surface area contributed by atoms with Gasteiger partial charge in [0.15, 0.2) is 5.96 Å². The Hall–Kier alpha value is -1.30. The van der Waals surface area contributed by atoms with Crippen LogP contribution in [0.3, 0.4) is 0 Å². The van der Waals surface area contributed by atoms with E-state index in [0.29, 0.717) is 13.1 Å². The van der Waals surface area contributed by atoms with E-state index in [1.165, 1.54) is 0 Å². The van der Waals surface area contributed by atoms with Crippen molar-refractivity contribution in [3.05, 3.63) is 0 Å². The van der Waals surface area contributed by atoms with Gasteiger partial charge in [-0.3, -0.25) is 9.79 Å².